The van der Waals surface area contributed by atoms with Crippen molar-refractivity contribution in [1.29, 1.82) is 0 Å². The van der Waals surface area contributed by atoms with Gasteiger partial charge >= 0.3 is 0 Å². The number of benzene rings is 1. The van der Waals surface area contributed by atoms with Crippen molar-refractivity contribution in [2.24, 2.45) is 23.7 Å². The van der Waals surface area contributed by atoms with E-state index in [0.29, 0.717) is 34.8 Å². The van der Waals surface area contributed by atoms with Crippen LogP contribution in [-0.2, 0) is 4.79 Å². The molecule has 3 fully saturated rings. The smallest absolute Gasteiger partial charge is 0.227 e. The third-order valence-corrected chi connectivity index (χ3v) is 7.72. The number of pyridine rings is 2. The van der Waals surface area contributed by atoms with Crippen LogP contribution in [0.25, 0.3) is 10.9 Å². The van der Waals surface area contributed by atoms with E-state index in [1.807, 2.05) is 18.2 Å². The Bertz CT molecular complexity index is 1180. The SMILES string of the molecule is CCC(C(=O)Nc1ccc(C2CC2)nc1)C1C2CC(Oc3ccnc4ccc(F)cc34)CC21. The molecule has 3 saturated carbocycles. The van der Waals surface area contributed by atoms with E-state index >= 15 is 0 Å². The Labute approximate surface area is 192 Å². The summed E-state index contributed by atoms with van der Waals surface area (Å²) in [6.45, 7) is 2.10. The van der Waals surface area contributed by atoms with Crippen LogP contribution in [-0.4, -0.2) is 22.0 Å². The summed E-state index contributed by atoms with van der Waals surface area (Å²) in [5, 5.41) is 3.80. The first-order chi connectivity index (χ1) is 16.1. The number of aromatic nitrogens is 2. The van der Waals surface area contributed by atoms with Gasteiger partial charge in [-0.3, -0.25) is 14.8 Å². The molecule has 2 heterocycles. The molecule has 1 aromatic carbocycles. The highest BCUT2D eigenvalue weighted by Gasteiger charge is 2.60. The summed E-state index contributed by atoms with van der Waals surface area (Å²) >= 11 is 0. The normalized spacial score (nSPS) is 26.6. The van der Waals surface area contributed by atoms with Gasteiger partial charge in [0.25, 0.3) is 0 Å². The summed E-state index contributed by atoms with van der Waals surface area (Å²) in [4.78, 5) is 21.8. The van der Waals surface area contributed by atoms with Gasteiger partial charge in [-0.1, -0.05) is 6.92 Å². The highest BCUT2D eigenvalue weighted by molar-refractivity contribution is 5.93. The Kier molecular flexibility index (Phi) is 5.04. The Morgan fingerprint density at radius 1 is 1.15 bits per heavy atom. The van der Waals surface area contributed by atoms with Gasteiger partial charge in [0.15, 0.2) is 0 Å². The fourth-order valence-corrected chi connectivity index (χ4v) is 5.88. The highest BCUT2D eigenvalue weighted by atomic mass is 19.1. The third-order valence-electron chi connectivity index (χ3n) is 7.72. The first-order valence-corrected chi connectivity index (χ1v) is 12.1. The molecule has 1 N–H and O–H groups in total. The largest absolute Gasteiger partial charge is 0.490 e. The molecule has 1 amide bonds. The summed E-state index contributed by atoms with van der Waals surface area (Å²) < 4.78 is 20.0. The Morgan fingerprint density at radius 2 is 1.97 bits per heavy atom. The molecule has 5 nitrogen and oxygen atoms in total. The van der Waals surface area contributed by atoms with E-state index in [4.69, 9.17) is 4.74 Å². The van der Waals surface area contributed by atoms with Gasteiger partial charge in [-0.2, -0.15) is 0 Å². The number of anilines is 1. The average Bonchev–Trinajstić information content (AvgIpc) is 3.73. The van der Waals surface area contributed by atoms with Crippen molar-refractivity contribution in [3.8, 4) is 5.75 Å². The van der Waals surface area contributed by atoms with Crippen LogP contribution in [0.2, 0.25) is 0 Å². The van der Waals surface area contributed by atoms with Crippen LogP contribution in [0.1, 0.15) is 50.6 Å². The number of hydrogen-bond acceptors (Lipinski definition) is 4. The summed E-state index contributed by atoms with van der Waals surface area (Å²) in [6, 6.07) is 10.4. The minimum atomic E-state index is -0.288. The Hall–Kier alpha value is -3.02. The maximum Gasteiger partial charge on any atom is 0.227 e. The quantitative estimate of drug-likeness (QED) is 0.506. The third kappa shape index (κ3) is 3.96. The van der Waals surface area contributed by atoms with Crippen LogP contribution >= 0.6 is 0 Å². The zero-order valence-electron chi connectivity index (χ0n) is 18.7. The molecule has 0 saturated heterocycles. The van der Waals surface area contributed by atoms with Gasteiger partial charge < -0.3 is 10.1 Å². The summed E-state index contributed by atoms with van der Waals surface area (Å²) in [5.74, 6) is 2.59. The van der Waals surface area contributed by atoms with E-state index in [0.717, 1.165) is 36.2 Å². The number of amides is 1. The van der Waals surface area contributed by atoms with E-state index in [1.54, 1.807) is 18.5 Å². The molecule has 0 radical (unpaired) electrons. The number of halogens is 1. The number of hydrogen-bond donors (Lipinski definition) is 1. The monoisotopic (exact) mass is 445 g/mol. The maximum atomic E-state index is 13.7. The van der Waals surface area contributed by atoms with Crippen molar-refractivity contribution >= 4 is 22.5 Å². The lowest BCUT2D eigenvalue weighted by molar-refractivity contribution is -0.121. The van der Waals surface area contributed by atoms with E-state index in [9.17, 15) is 9.18 Å². The molecule has 6 rings (SSSR count). The number of ether oxygens (including phenoxy) is 1. The standard InChI is InChI=1S/C27H28FN3O2/c1-2-19(27(32)31-17-6-8-23(30-14-17)15-3-4-15)26-20-12-18(13-21(20)26)33-25-9-10-29-24-7-5-16(28)11-22(24)25/h5-11,14-15,18-21,26H,2-4,12-13H2,1H3,(H,31,32). The topological polar surface area (TPSA) is 64.1 Å². The molecule has 0 spiro atoms. The van der Waals surface area contributed by atoms with Gasteiger partial charge in [0, 0.05) is 29.1 Å². The second kappa shape index (κ2) is 8.08. The molecule has 0 aliphatic heterocycles. The highest BCUT2D eigenvalue weighted by Crippen LogP contribution is 2.62. The first kappa shape index (κ1) is 20.6. The molecule has 33 heavy (non-hydrogen) atoms. The number of nitrogens with zero attached hydrogens (tertiary/aromatic N) is 2. The summed E-state index contributed by atoms with van der Waals surface area (Å²) in [7, 11) is 0. The van der Waals surface area contributed by atoms with Crippen molar-refractivity contribution in [2.75, 3.05) is 5.32 Å². The fraction of sp³-hybridized carbons (Fsp3) is 0.444. The van der Waals surface area contributed by atoms with E-state index in [2.05, 4.69) is 22.2 Å². The molecule has 3 unspecified atom stereocenters. The van der Waals surface area contributed by atoms with Crippen molar-refractivity contribution in [3.63, 3.8) is 0 Å². The molecule has 0 bridgehead atoms. The molecule has 3 atom stereocenters. The van der Waals surface area contributed by atoms with Crippen LogP contribution in [0.5, 0.6) is 5.75 Å². The van der Waals surface area contributed by atoms with E-state index in [-0.39, 0.29) is 23.7 Å². The summed E-state index contributed by atoms with van der Waals surface area (Å²) in [6.07, 6.45) is 8.75. The van der Waals surface area contributed by atoms with Gasteiger partial charge in [-0.25, -0.2) is 4.39 Å². The second-order valence-corrected chi connectivity index (χ2v) is 9.84. The number of carbonyl (C=O) groups excluding carboxylic acids is 1. The zero-order chi connectivity index (χ0) is 22.5. The van der Waals surface area contributed by atoms with Crippen LogP contribution in [0.4, 0.5) is 10.1 Å². The van der Waals surface area contributed by atoms with Gasteiger partial charge in [-0.05, 0) is 86.3 Å². The van der Waals surface area contributed by atoms with E-state index in [1.165, 1.54) is 25.0 Å². The minimum absolute atomic E-state index is 0.0138. The average molecular weight is 446 g/mol. The second-order valence-electron chi connectivity index (χ2n) is 9.84. The minimum Gasteiger partial charge on any atom is -0.490 e. The van der Waals surface area contributed by atoms with Crippen molar-refractivity contribution in [3.05, 3.63) is 60.3 Å². The van der Waals surface area contributed by atoms with Crippen LogP contribution < -0.4 is 10.1 Å². The number of fused-ring (bicyclic) bond motifs is 2. The molecular weight excluding hydrogens is 417 g/mol. The van der Waals surface area contributed by atoms with Gasteiger partial charge in [-0.15, -0.1) is 0 Å². The van der Waals surface area contributed by atoms with Crippen LogP contribution in [0, 0.1) is 29.5 Å². The lowest BCUT2D eigenvalue weighted by Crippen LogP contribution is -2.27. The molecule has 3 aliphatic rings. The lowest BCUT2D eigenvalue weighted by Gasteiger charge is -2.21. The number of carbonyl (C=O) groups is 1. The molecule has 3 aliphatic carbocycles. The van der Waals surface area contributed by atoms with Crippen LogP contribution in [0.3, 0.4) is 0 Å². The van der Waals surface area contributed by atoms with Gasteiger partial charge in [0.2, 0.25) is 5.91 Å². The number of rotatable bonds is 7. The maximum absolute atomic E-state index is 13.7. The van der Waals surface area contributed by atoms with Crippen LogP contribution in [0.15, 0.2) is 48.8 Å². The fourth-order valence-electron chi connectivity index (χ4n) is 5.88. The van der Waals surface area contributed by atoms with E-state index < -0.39 is 0 Å². The van der Waals surface area contributed by atoms with Gasteiger partial charge in [0.05, 0.1) is 23.5 Å². The van der Waals surface area contributed by atoms with Crippen molar-refractivity contribution < 1.29 is 13.9 Å². The lowest BCUT2D eigenvalue weighted by atomic mass is 9.93. The van der Waals surface area contributed by atoms with Crippen molar-refractivity contribution in [1.82, 2.24) is 9.97 Å². The molecular formula is C27H28FN3O2. The Balaban J connectivity index is 1.07. The molecule has 170 valence electrons. The molecule has 2 aromatic heterocycles. The first-order valence-electron chi connectivity index (χ1n) is 12.1. The summed E-state index contributed by atoms with van der Waals surface area (Å²) in [5.41, 5.74) is 2.65. The molecule has 3 aromatic rings. The number of nitrogens with one attached hydrogen (secondary N) is 1. The predicted molar refractivity (Wildman–Crippen MR) is 124 cm³/mol. The predicted octanol–water partition coefficient (Wildman–Crippen LogP) is 5.71. The van der Waals surface area contributed by atoms with Crippen molar-refractivity contribution in [2.45, 2.75) is 51.0 Å². The Morgan fingerprint density at radius 3 is 2.67 bits per heavy atom. The zero-order valence-corrected chi connectivity index (χ0v) is 18.7. The van der Waals surface area contributed by atoms with Gasteiger partial charge in [0.1, 0.15) is 11.6 Å². The molecule has 6 heteroatoms.